The second-order valence-corrected chi connectivity index (χ2v) is 4.60. The molecular formula is C15H13BrFMgN. The van der Waals surface area contributed by atoms with Crippen molar-refractivity contribution in [3.05, 3.63) is 71.3 Å². The van der Waals surface area contributed by atoms with Crippen molar-refractivity contribution in [3.8, 4) is 0 Å². The number of benzene rings is 1. The van der Waals surface area contributed by atoms with Gasteiger partial charge in [-0.2, -0.15) is 0 Å². The zero-order valence-corrected chi connectivity index (χ0v) is 13.5. The third-order valence-corrected chi connectivity index (χ3v) is 2.94. The molecular weight excluding hydrogens is 317 g/mol. The van der Waals surface area contributed by atoms with E-state index >= 15 is 0 Å². The summed E-state index contributed by atoms with van der Waals surface area (Å²) in [6.07, 6.45) is 4.49. The van der Waals surface area contributed by atoms with Crippen LogP contribution in [-0.2, 0) is 6.42 Å². The number of halogens is 2. The Hall–Kier alpha value is -0.714. The van der Waals surface area contributed by atoms with E-state index in [9.17, 15) is 4.39 Å². The monoisotopic (exact) mass is 329 g/mol. The van der Waals surface area contributed by atoms with E-state index in [1.54, 1.807) is 6.07 Å². The summed E-state index contributed by atoms with van der Waals surface area (Å²) >= 11 is 1.88. The molecule has 0 fully saturated rings. The van der Waals surface area contributed by atoms with Gasteiger partial charge in [-0.3, -0.25) is 0 Å². The molecule has 94 valence electrons. The van der Waals surface area contributed by atoms with Crippen molar-refractivity contribution in [2.45, 2.75) is 11.0 Å². The predicted octanol–water partition coefficient (Wildman–Crippen LogP) is 0.415. The minimum Gasteiger partial charge on any atom is -1.00 e. The van der Waals surface area contributed by atoms with E-state index in [4.69, 9.17) is 0 Å². The van der Waals surface area contributed by atoms with Crippen LogP contribution in [0.3, 0.4) is 0 Å². The number of allylic oxidation sites excluding steroid dienone is 1. The SMILES string of the molecule is Fc1ccc(C=C[CH2][Mg+])nc1Cc1ccccc1.[Br-]. The van der Waals surface area contributed by atoms with Crippen LogP contribution in [0.15, 0.2) is 48.5 Å². The summed E-state index contributed by atoms with van der Waals surface area (Å²) in [6.45, 7) is 0. The third-order valence-electron chi connectivity index (χ3n) is 2.61. The first kappa shape index (κ1) is 16.3. The summed E-state index contributed by atoms with van der Waals surface area (Å²) in [6, 6.07) is 13.0. The van der Waals surface area contributed by atoms with Crippen molar-refractivity contribution < 1.29 is 21.4 Å². The molecule has 0 unspecified atom stereocenters. The molecule has 0 bridgehead atoms. The summed E-state index contributed by atoms with van der Waals surface area (Å²) in [4.78, 5) is 4.35. The van der Waals surface area contributed by atoms with E-state index in [1.807, 2.05) is 64.2 Å². The fraction of sp³-hybridized carbons (Fsp3) is 0.133. The Labute approximate surface area is 136 Å². The van der Waals surface area contributed by atoms with Crippen LogP contribution in [0, 0.1) is 5.82 Å². The molecule has 19 heavy (non-hydrogen) atoms. The van der Waals surface area contributed by atoms with Crippen LogP contribution in [-0.4, -0.2) is 26.7 Å². The Kier molecular flexibility index (Phi) is 7.27. The van der Waals surface area contributed by atoms with Gasteiger partial charge in [0.1, 0.15) is 0 Å². The van der Waals surface area contributed by atoms with Gasteiger partial charge in [0.25, 0.3) is 0 Å². The van der Waals surface area contributed by atoms with Crippen LogP contribution in [0.1, 0.15) is 17.0 Å². The number of rotatable bonds is 4. The van der Waals surface area contributed by atoms with Gasteiger partial charge in [-0.25, -0.2) is 0 Å². The maximum Gasteiger partial charge on any atom is -1.00 e. The fourth-order valence-electron chi connectivity index (χ4n) is 1.71. The average molecular weight is 330 g/mol. The summed E-state index contributed by atoms with van der Waals surface area (Å²) in [5.41, 5.74) is 2.39. The van der Waals surface area contributed by atoms with E-state index in [0.717, 1.165) is 15.8 Å². The van der Waals surface area contributed by atoms with Crippen molar-refractivity contribution in [2.24, 2.45) is 0 Å². The van der Waals surface area contributed by atoms with Crippen LogP contribution < -0.4 is 17.0 Å². The summed E-state index contributed by atoms with van der Waals surface area (Å²) in [7, 11) is 0. The molecule has 1 heterocycles. The summed E-state index contributed by atoms with van der Waals surface area (Å²) in [5.74, 6) is -0.241. The molecule has 4 heteroatoms. The van der Waals surface area contributed by atoms with Gasteiger partial charge in [0, 0.05) is 0 Å². The fourth-order valence-corrected chi connectivity index (χ4v) is 1.88. The Morgan fingerprint density at radius 3 is 2.53 bits per heavy atom. The zero-order valence-electron chi connectivity index (χ0n) is 10.5. The predicted molar refractivity (Wildman–Crippen MR) is 73.0 cm³/mol. The van der Waals surface area contributed by atoms with Gasteiger partial charge < -0.3 is 17.0 Å². The largest absolute Gasteiger partial charge is 1.00 e. The first-order valence-corrected chi connectivity index (χ1v) is 6.94. The van der Waals surface area contributed by atoms with Gasteiger partial charge >= 0.3 is 119 Å². The van der Waals surface area contributed by atoms with Gasteiger partial charge in [0.15, 0.2) is 0 Å². The molecule has 0 atom stereocenters. The topological polar surface area (TPSA) is 12.9 Å². The zero-order chi connectivity index (χ0) is 12.8. The van der Waals surface area contributed by atoms with E-state index in [1.165, 1.54) is 6.07 Å². The molecule has 0 saturated heterocycles. The summed E-state index contributed by atoms with van der Waals surface area (Å²) < 4.78 is 14.7. The van der Waals surface area contributed by atoms with Gasteiger partial charge in [-0.1, -0.05) is 0 Å². The molecule has 1 aromatic carbocycles. The van der Waals surface area contributed by atoms with Crippen LogP contribution in [0.25, 0.3) is 6.08 Å². The van der Waals surface area contributed by atoms with Crippen LogP contribution in [0.2, 0.25) is 4.55 Å². The normalized spacial score (nSPS) is 10.5. The van der Waals surface area contributed by atoms with Crippen molar-refractivity contribution in [1.29, 1.82) is 0 Å². The number of aromatic nitrogens is 1. The Morgan fingerprint density at radius 1 is 1.11 bits per heavy atom. The molecule has 0 aliphatic carbocycles. The van der Waals surface area contributed by atoms with E-state index in [-0.39, 0.29) is 22.8 Å². The van der Waals surface area contributed by atoms with Crippen molar-refractivity contribution in [3.63, 3.8) is 0 Å². The second-order valence-electron chi connectivity index (χ2n) is 4.02. The van der Waals surface area contributed by atoms with Gasteiger partial charge in [-0.15, -0.1) is 0 Å². The molecule has 0 spiro atoms. The van der Waals surface area contributed by atoms with Crippen LogP contribution >= 0.6 is 0 Å². The first-order chi connectivity index (χ1) is 8.79. The number of nitrogens with zero attached hydrogens (tertiary/aromatic N) is 1. The molecule has 0 aliphatic heterocycles. The molecule has 0 radical (unpaired) electrons. The second kappa shape index (κ2) is 8.46. The molecule has 2 rings (SSSR count). The Balaban J connectivity index is 0.00000180. The van der Waals surface area contributed by atoms with E-state index in [0.29, 0.717) is 12.1 Å². The standard InChI is InChI=1S/C15H13FN.BrH.Mg/c1-2-6-13-9-10-14(16)15(17-13)11-12-7-4-3-5-8-12;;/h2-10H,1,11H2;1H;/q;;+1/p-1. The summed E-state index contributed by atoms with van der Waals surface area (Å²) in [5, 5.41) is 0. The quantitative estimate of drug-likeness (QED) is 0.741. The molecule has 0 saturated carbocycles. The van der Waals surface area contributed by atoms with Crippen LogP contribution in [0.4, 0.5) is 4.39 Å². The molecule has 0 N–H and O–H groups in total. The van der Waals surface area contributed by atoms with Gasteiger partial charge in [0.2, 0.25) is 0 Å². The first-order valence-electron chi connectivity index (χ1n) is 5.94. The number of pyridine rings is 1. The maximum absolute atomic E-state index is 13.7. The number of hydrogen-bond donors (Lipinski definition) is 0. The van der Waals surface area contributed by atoms with Crippen molar-refractivity contribution >= 4 is 27.8 Å². The third kappa shape index (κ3) is 5.05. The Bertz CT molecular complexity index is 543. The smallest absolute Gasteiger partial charge is 1.00 e. The Morgan fingerprint density at radius 2 is 1.84 bits per heavy atom. The molecule has 1 aromatic heterocycles. The van der Waals surface area contributed by atoms with E-state index in [2.05, 4.69) is 4.98 Å². The van der Waals surface area contributed by atoms with Crippen molar-refractivity contribution in [1.82, 2.24) is 4.98 Å². The minimum atomic E-state index is -0.241. The molecule has 0 amide bonds. The van der Waals surface area contributed by atoms with Gasteiger partial charge in [-0.05, 0) is 0 Å². The number of hydrogen-bond acceptors (Lipinski definition) is 1. The van der Waals surface area contributed by atoms with E-state index < -0.39 is 0 Å². The van der Waals surface area contributed by atoms with Crippen LogP contribution in [0.5, 0.6) is 0 Å². The maximum atomic E-state index is 13.7. The van der Waals surface area contributed by atoms with Gasteiger partial charge in [0.05, 0.1) is 0 Å². The van der Waals surface area contributed by atoms with Crippen molar-refractivity contribution in [2.75, 3.05) is 0 Å². The molecule has 0 aliphatic rings. The average Bonchev–Trinajstić information content (AvgIpc) is 2.41. The minimum absolute atomic E-state index is 0. The molecule has 1 nitrogen and oxygen atoms in total. The molecule has 2 aromatic rings.